The molecule has 3 nitrogen and oxygen atoms in total. The molecule has 0 saturated carbocycles. The fourth-order valence-electron chi connectivity index (χ4n) is 2.74. The summed E-state index contributed by atoms with van der Waals surface area (Å²) in [5.74, 6) is -0.0314. The van der Waals surface area contributed by atoms with Gasteiger partial charge in [-0.2, -0.15) is 5.10 Å². The van der Waals surface area contributed by atoms with Crippen LogP contribution in [0.4, 0.5) is 4.39 Å². The molecule has 1 fully saturated rings. The van der Waals surface area contributed by atoms with Crippen molar-refractivity contribution in [3.63, 3.8) is 0 Å². The van der Waals surface area contributed by atoms with E-state index in [0.717, 1.165) is 25.8 Å². The lowest BCUT2D eigenvalue weighted by Gasteiger charge is -2.34. The van der Waals surface area contributed by atoms with Crippen LogP contribution < -0.4 is 5.32 Å². The number of aromatic nitrogens is 2. The smallest absolute Gasteiger partial charge is 0.155 e. The molecule has 5 heteroatoms. The molecule has 0 aromatic carbocycles. The lowest BCUT2D eigenvalue weighted by molar-refractivity contribution is 0.0712. The molecular formula is C13H21ClFN3. The van der Waals surface area contributed by atoms with Gasteiger partial charge in [-0.1, -0.05) is 18.5 Å². The van der Waals surface area contributed by atoms with Crippen molar-refractivity contribution in [1.82, 2.24) is 15.1 Å². The van der Waals surface area contributed by atoms with Gasteiger partial charge in [0.1, 0.15) is 0 Å². The van der Waals surface area contributed by atoms with Crippen LogP contribution in [0.15, 0.2) is 6.20 Å². The molecule has 1 saturated heterocycles. The SMILES string of the molecule is CCCn1ncc(Cl)c1C(C)(F)C1CCCNC1. The van der Waals surface area contributed by atoms with Gasteiger partial charge in [0.2, 0.25) is 0 Å². The minimum atomic E-state index is -1.42. The van der Waals surface area contributed by atoms with Gasteiger partial charge in [0.25, 0.3) is 0 Å². The Labute approximate surface area is 113 Å². The third-order valence-corrected chi connectivity index (χ3v) is 4.03. The van der Waals surface area contributed by atoms with Gasteiger partial charge in [-0.15, -0.1) is 0 Å². The molecular weight excluding hydrogens is 253 g/mol. The first-order valence-corrected chi connectivity index (χ1v) is 7.06. The van der Waals surface area contributed by atoms with Gasteiger partial charge in [0.15, 0.2) is 5.67 Å². The minimum Gasteiger partial charge on any atom is -0.316 e. The summed E-state index contributed by atoms with van der Waals surface area (Å²) in [6.45, 7) is 6.09. The summed E-state index contributed by atoms with van der Waals surface area (Å²) in [7, 11) is 0. The topological polar surface area (TPSA) is 29.9 Å². The highest BCUT2D eigenvalue weighted by Gasteiger charge is 2.41. The molecule has 2 atom stereocenters. The number of nitrogens with zero attached hydrogens (tertiary/aromatic N) is 2. The maximum atomic E-state index is 15.2. The molecule has 1 N–H and O–H groups in total. The number of hydrogen-bond acceptors (Lipinski definition) is 2. The van der Waals surface area contributed by atoms with Crippen LogP contribution in [0.3, 0.4) is 0 Å². The Hall–Kier alpha value is -0.610. The Bertz CT molecular complexity index is 397. The zero-order valence-corrected chi connectivity index (χ0v) is 11.8. The zero-order valence-electron chi connectivity index (χ0n) is 11.0. The number of nitrogens with one attached hydrogen (secondary N) is 1. The van der Waals surface area contributed by atoms with Crippen molar-refractivity contribution in [2.45, 2.75) is 45.3 Å². The Balaban J connectivity index is 2.29. The predicted molar refractivity (Wildman–Crippen MR) is 71.6 cm³/mol. The normalized spacial score (nSPS) is 23.9. The number of alkyl halides is 1. The fraction of sp³-hybridized carbons (Fsp3) is 0.769. The van der Waals surface area contributed by atoms with Crippen molar-refractivity contribution >= 4 is 11.6 Å². The average Bonchev–Trinajstić information content (AvgIpc) is 2.73. The monoisotopic (exact) mass is 273 g/mol. The molecule has 102 valence electrons. The fourth-order valence-corrected chi connectivity index (χ4v) is 3.06. The number of rotatable bonds is 4. The summed E-state index contributed by atoms with van der Waals surface area (Å²) in [5, 5.41) is 7.90. The van der Waals surface area contributed by atoms with Gasteiger partial charge in [0.05, 0.1) is 16.9 Å². The molecule has 0 spiro atoms. The first-order chi connectivity index (χ1) is 8.57. The highest BCUT2D eigenvalue weighted by Crippen LogP contribution is 2.40. The van der Waals surface area contributed by atoms with E-state index < -0.39 is 5.67 Å². The maximum absolute atomic E-state index is 15.2. The van der Waals surface area contributed by atoms with E-state index in [9.17, 15) is 0 Å². The van der Waals surface area contributed by atoms with Gasteiger partial charge < -0.3 is 5.32 Å². The summed E-state index contributed by atoms with van der Waals surface area (Å²) in [4.78, 5) is 0. The van der Waals surface area contributed by atoms with Gasteiger partial charge in [-0.25, -0.2) is 4.39 Å². The lowest BCUT2D eigenvalue weighted by atomic mass is 9.82. The van der Waals surface area contributed by atoms with Gasteiger partial charge in [-0.05, 0) is 32.7 Å². The minimum absolute atomic E-state index is 0.0314. The van der Waals surface area contributed by atoms with Crippen LogP contribution in [0.2, 0.25) is 5.02 Å². The Morgan fingerprint density at radius 1 is 1.67 bits per heavy atom. The highest BCUT2D eigenvalue weighted by molar-refractivity contribution is 6.31. The molecule has 2 unspecified atom stereocenters. The molecule has 0 radical (unpaired) electrons. The summed E-state index contributed by atoms with van der Waals surface area (Å²) in [6, 6.07) is 0. The van der Waals surface area contributed by atoms with Crippen LogP contribution in [-0.4, -0.2) is 22.9 Å². The second-order valence-electron chi connectivity index (χ2n) is 5.18. The summed E-state index contributed by atoms with van der Waals surface area (Å²) < 4.78 is 16.9. The van der Waals surface area contributed by atoms with Gasteiger partial charge in [0, 0.05) is 19.0 Å². The molecule has 1 aliphatic heterocycles. The second kappa shape index (κ2) is 5.57. The molecule has 0 aliphatic carbocycles. The van der Waals surface area contributed by atoms with Crippen molar-refractivity contribution in [1.29, 1.82) is 0 Å². The number of aryl methyl sites for hydroxylation is 1. The third-order valence-electron chi connectivity index (χ3n) is 3.76. The first-order valence-electron chi connectivity index (χ1n) is 6.68. The molecule has 18 heavy (non-hydrogen) atoms. The first kappa shape index (κ1) is 13.8. The molecule has 0 amide bonds. The molecule has 2 heterocycles. The second-order valence-corrected chi connectivity index (χ2v) is 5.59. The molecule has 2 rings (SSSR count). The van der Waals surface area contributed by atoms with E-state index in [4.69, 9.17) is 11.6 Å². The van der Waals surface area contributed by atoms with E-state index in [2.05, 4.69) is 17.3 Å². The quantitative estimate of drug-likeness (QED) is 0.913. The zero-order chi connectivity index (χ0) is 13.2. The third kappa shape index (κ3) is 2.54. The van der Waals surface area contributed by atoms with Crippen LogP contribution in [-0.2, 0) is 12.2 Å². The van der Waals surface area contributed by atoms with Crippen molar-refractivity contribution in [2.24, 2.45) is 5.92 Å². The number of hydrogen-bond donors (Lipinski definition) is 1. The van der Waals surface area contributed by atoms with Crippen molar-refractivity contribution in [3.05, 3.63) is 16.9 Å². The van der Waals surface area contributed by atoms with E-state index in [0.29, 0.717) is 23.8 Å². The van der Waals surface area contributed by atoms with Crippen LogP contribution >= 0.6 is 11.6 Å². The van der Waals surface area contributed by atoms with E-state index in [1.807, 2.05) is 0 Å². The van der Waals surface area contributed by atoms with E-state index in [1.54, 1.807) is 17.8 Å². The number of halogens is 2. The number of piperidine rings is 1. The summed E-state index contributed by atoms with van der Waals surface area (Å²) in [6.07, 6.45) is 4.39. The van der Waals surface area contributed by atoms with Gasteiger partial charge >= 0.3 is 0 Å². The Morgan fingerprint density at radius 3 is 3.06 bits per heavy atom. The maximum Gasteiger partial charge on any atom is 0.155 e. The van der Waals surface area contributed by atoms with E-state index >= 15 is 4.39 Å². The van der Waals surface area contributed by atoms with Crippen LogP contribution in [0.5, 0.6) is 0 Å². The van der Waals surface area contributed by atoms with Crippen LogP contribution in [0, 0.1) is 5.92 Å². The summed E-state index contributed by atoms with van der Waals surface area (Å²) >= 11 is 6.14. The predicted octanol–water partition coefficient (Wildman–Crippen LogP) is 3.13. The Morgan fingerprint density at radius 2 is 2.44 bits per heavy atom. The Kier molecular flexibility index (Phi) is 4.28. The average molecular weight is 274 g/mol. The van der Waals surface area contributed by atoms with Gasteiger partial charge in [-0.3, -0.25) is 4.68 Å². The van der Waals surface area contributed by atoms with E-state index in [-0.39, 0.29) is 5.92 Å². The molecule has 1 aromatic rings. The highest BCUT2D eigenvalue weighted by atomic mass is 35.5. The van der Waals surface area contributed by atoms with Crippen LogP contribution in [0.1, 0.15) is 38.8 Å². The molecule has 0 bridgehead atoms. The summed E-state index contributed by atoms with van der Waals surface area (Å²) in [5.41, 5.74) is -0.879. The lowest BCUT2D eigenvalue weighted by Crippen LogP contribution is -2.41. The molecule has 1 aromatic heterocycles. The van der Waals surface area contributed by atoms with Crippen molar-refractivity contribution < 1.29 is 4.39 Å². The van der Waals surface area contributed by atoms with Crippen LogP contribution in [0.25, 0.3) is 0 Å². The largest absolute Gasteiger partial charge is 0.316 e. The molecule has 1 aliphatic rings. The van der Waals surface area contributed by atoms with Crippen molar-refractivity contribution in [3.8, 4) is 0 Å². The standard InChI is InChI=1S/C13H21ClFN3/c1-3-7-18-12(11(14)9-17-18)13(2,15)10-5-4-6-16-8-10/h9-10,16H,3-8H2,1-2H3. The van der Waals surface area contributed by atoms with E-state index in [1.165, 1.54) is 0 Å². The van der Waals surface area contributed by atoms with Crippen molar-refractivity contribution in [2.75, 3.05) is 13.1 Å².